The zero-order chi connectivity index (χ0) is 20.6. The van der Waals surface area contributed by atoms with Gasteiger partial charge in [0, 0.05) is 5.92 Å². The lowest BCUT2D eigenvalue weighted by molar-refractivity contribution is -0.730. The molecule has 162 valence electrons. The van der Waals surface area contributed by atoms with Gasteiger partial charge < -0.3 is 0 Å². The molecule has 0 aliphatic heterocycles. The van der Waals surface area contributed by atoms with E-state index in [-0.39, 0.29) is 0 Å². The Morgan fingerprint density at radius 3 is 1.97 bits per heavy atom. The molecule has 2 rings (SSSR count). The fourth-order valence-electron chi connectivity index (χ4n) is 4.62. The van der Waals surface area contributed by atoms with E-state index in [1.807, 2.05) is 0 Å². The van der Waals surface area contributed by atoms with Crippen molar-refractivity contribution in [3.63, 3.8) is 0 Å². The topological polar surface area (TPSA) is 19.7 Å². The lowest BCUT2D eigenvalue weighted by Gasteiger charge is -2.24. The summed E-state index contributed by atoms with van der Waals surface area (Å²) in [5.74, 6) is 0.696. The van der Waals surface area contributed by atoms with Crippen molar-refractivity contribution >= 4 is 0 Å². The van der Waals surface area contributed by atoms with Gasteiger partial charge in [0.1, 0.15) is 18.4 Å². The number of imidazole rings is 1. The van der Waals surface area contributed by atoms with Crippen LogP contribution in [-0.2, 0) is 6.42 Å². The van der Waals surface area contributed by atoms with E-state index in [0.29, 0.717) is 12.0 Å². The maximum absolute atomic E-state index is 3.26. The molecule has 0 aliphatic rings. The summed E-state index contributed by atoms with van der Waals surface area (Å²) in [6.07, 6.45) is 25.7. The molecule has 2 atom stereocenters. The second kappa shape index (κ2) is 15.3. The summed E-state index contributed by atoms with van der Waals surface area (Å²) in [4.78, 5) is 3.26. The van der Waals surface area contributed by atoms with Crippen LogP contribution in [0.4, 0.5) is 0 Å². The molecule has 0 bridgehead atoms. The van der Waals surface area contributed by atoms with Crippen molar-refractivity contribution in [3.8, 4) is 0 Å². The maximum Gasteiger partial charge on any atom is 0.241 e. The van der Waals surface area contributed by atoms with Crippen molar-refractivity contribution in [2.75, 3.05) is 0 Å². The van der Waals surface area contributed by atoms with E-state index >= 15 is 0 Å². The van der Waals surface area contributed by atoms with E-state index in [9.17, 15) is 0 Å². The summed E-state index contributed by atoms with van der Waals surface area (Å²) in [5.41, 5.74) is 1.47. The maximum atomic E-state index is 3.26. The molecule has 0 saturated heterocycles. The fraction of sp³-hybridized carbons (Fsp3) is 0.667. The minimum atomic E-state index is 0.602. The molecule has 2 aromatic rings. The summed E-state index contributed by atoms with van der Waals surface area (Å²) in [6.45, 7) is 4.65. The minimum Gasteiger partial charge on any atom is -0.250 e. The van der Waals surface area contributed by atoms with Gasteiger partial charge in [0.15, 0.2) is 0 Å². The Morgan fingerprint density at radius 1 is 0.793 bits per heavy atom. The first-order chi connectivity index (χ1) is 14.3. The highest BCUT2D eigenvalue weighted by molar-refractivity contribution is 5.15. The van der Waals surface area contributed by atoms with Gasteiger partial charge in [-0.1, -0.05) is 108 Å². The second-order valence-corrected chi connectivity index (χ2v) is 8.81. The van der Waals surface area contributed by atoms with Gasteiger partial charge in [0.2, 0.25) is 6.33 Å². The van der Waals surface area contributed by atoms with Crippen molar-refractivity contribution in [2.24, 2.45) is 5.92 Å². The first-order valence-electron chi connectivity index (χ1n) is 12.4. The number of aromatic amines is 1. The molecule has 2 nitrogen and oxygen atoms in total. The number of hydrogen-bond acceptors (Lipinski definition) is 0. The Morgan fingerprint density at radius 2 is 1.41 bits per heavy atom. The molecule has 1 aromatic heterocycles. The van der Waals surface area contributed by atoms with Crippen molar-refractivity contribution in [1.29, 1.82) is 0 Å². The molecular weight excluding hydrogens is 352 g/mol. The van der Waals surface area contributed by atoms with Crippen LogP contribution in [0.25, 0.3) is 0 Å². The highest BCUT2D eigenvalue weighted by Crippen LogP contribution is 2.26. The van der Waals surface area contributed by atoms with Gasteiger partial charge >= 0.3 is 0 Å². The quantitative estimate of drug-likeness (QED) is 0.207. The zero-order valence-electron chi connectivity index (χ0n) is 19.1. The van der Waals surface area contributed by atoms with Crippen LogP contribution in [-0.4, -0.2) is 4.98 Å². The third kappa shape index (κ3) is 9.65. The predicted octanol–water partition coefficient (Wildman–Crippen LogP) is 7.81. The number of H-pyrrole nitrogens is 1. The van der Waals surface area contributed by atoms with Crippen LogP contribution >= 0.6 is 0 Å². The number of benzene rings is 1. The molecule has 29 heavy (non-hydrogen) atoms. The van der Waals surface area contributed by atoms with Gasteiger partial charge in [0.25, 0.3) is 0 Å². The zero-order valence-corrected chi connectivity index (χ0v) is 19.1. The lowest BCUT2D eigenvalue weighted by Crippen LogP contribution is -2.42. The van der Waals surface area contributed by atoms with Crippen molar-refractivity contribution in [1.82, 2.24) is 4.98 Å². The Bertz CT molecular complexity index is 590. The summed E-state index contributed by atoms with van der Waals surface area (Å²) in [7, 11) is 0. The standard InChI is InChI=1S/C27H44N2/c1-3-5-6-7-8-9-10-11-12-13-17-20-27(29-22-21-28-24-29)26(4-2)23-25-18-15-14-16-19-25/h14-16,18-19,21-22,24,26-27H,3-13,17,20,23H2,1-2H3/p+1. The molecule has 0 fully saturated rings. The normalized spacial score (nSPS) is 13.4. The van der Waals surface area contributed by atoms with Gasteiger partial charge in [-0.3, -0.25) is 4.98 Å². The predicted molar refractivity (Wildman–Crippen MR) is 125 cm³/mol. The Hall–Kier alpha value is -1.57. The summed E-state index contributed by atoms with van der Waals surface area (Å²) in [5, 5.41) is 0. The summed E-state index contributed by atoms with van der Waals surface area (Å²) in [6, 6.07) is 11.6. The molecule has 2 heteroatoms. The van der Waals surface area contributed by atoms with E-state index in [4.69, 9.17) is 0 Å². The van der Waals surface area contributed by atoms with Crippen LogP contribution in [0.3, 0.4) is 0 Å². The van der Waals surface area contributed by atoms with Crippen LogP contribution in [0.15, 0.2) is 49.1 Å². The van der Waals surface area contributed by atoms with E-state index in [2.05, 4.69) is 72.5 Å². The third-order valence-electron chi connectivity index (χ3n) is 6.46. The summed E-state index contributed by atoms with van der Waals surface area (Å²) < 4.78 is 2.42. The van der Waals surface area contributed by atoms with Crippen LogP contribution < -0.4 is 4.57 Å². The smallest absolute Gasteiger partial charge is 0.241 e. The Labute approximate surface area is 180 Å². The molecule has 0 saturated carbocycles. The van der Waals surface area contributed by atoms with E-state index in [1.165, 1.54) is 95.5 Å². The lowest BCUT2D eigenvalue weighted by atomic mass is 9.86. The highest BCUT2D eigenvalue weighted by Gasteiger charge is 2.25. The van der Waals surface area contributed by atoms with Gasteiger partial charge in [-0.05, 0) is 31.2 Å². The second-order valence-electron chi connectivity index (χ2n) is 8.81. The average Bonchev–Trinajstić information content (AvgIpc) is 3.28. The average molecular weight is 398 g/mol. The van der Waals surface area contributed by atoms with Crippen molar-refractivity contribution in [2.45, 2.75) is 110 Å². The number of hydrogen-bond donors (Lipinski definition) is 1. The van der Waals surface area contributed by atoms with Gasteiger partial charge in [-0.2, -0.15) is 0 Å². The SMILES string of the molecule is CCCCCCCCCCCCCC(C(CC)Cc1ccccc1)[n+]1cc[nH]c1. The first kappa shape index (κ1) is 23.7. The van der Waals surface area contributed by atoms with Crippen LogP contribution in [0.5, 0.6) is 0 Å². The first-order valence-corrected chi connectivity index (χ1v) is 12.4. The fourth-order valence-corrected chi connectivity index (χ4v) is 4.62. The molecule has 2 unspecified atom stereocenters. The number of unbranched alkanes of at least 4 members (excludes halogenated alkanes) is 10. The monoisotopic (exact) mass is 397 g/mol. The van der Waals surface area contributed by atoms with Crippen molar-refractivity contribution < 1.29 is 4.57 Å². The summed E-state index contributed by atoms with van der Waals surface area (Å²) >= 11 is 0. The van der Waals surface area contributed by atoms with Gasteiger partial charge in [-0.25, -0.2) is 4.57 Å². The number of nitrogens with zero attached hydrogens (tertiary/aromatic N) is 1. The van der Waals surface area contributed by atoms with E-state index < -0.39 is 0 Å². The molecule has 0 radical (unpaired) electrons. The molecule has 1 heterocycles. The molecule has 0 spiro atoms. The largest absolute Gasteiger partial charge is 0.250 e. The van der Waals surface area contributed by atoms with Crippen LogP contribution in [0.2, 0.25) is 0 Å². The molecule has 1 N–H and O–H groups in total. The van der Waals surface area contributed by atoms with Crippen LogP contribution in [0, 0.1) is 5.92 Å². The minimum absolute atomic E-state index is 0.602. The van der Waals surface area contributed by atoms with E-state index in [0.717, 1.165) is 0 Å². The number of rotatable bonds is 17. The molecule has 0 amide bonds. The van der Waals surface area contributed by atoms with Gasteiger partial charge in [-0.15, -0.1) is 0 Å². The van der Waals surface area contributed by atoms with E-state index in [1.54, 1.807) is 0 Å². The highest BCUT2D eigenvalue weighted by atomic mass is 15.1. The third-order valence-corrected chi connectivity index (χ3v) is 6.46. The number of aromatic nitrogens is 2. The Balaban J connectivity index is 1.69. The molecule has 1 aromatic carbocycles. The van der Waals surface area contributed by atoms with Crippen LogP contribution in [0.1, 0.15) is 109 Å². The molecular formula is C27H45N2+. The Kier molecular flexibility index (Phi) is 12.5. The van der Waals surface area contributed by atoms with Crippen molar-refractivity contribution in [3.05, 3.63) is 54.6 Å². The van der Waals surface area contributed by atoms with Gasteiger partial charge in [0.05, 0.1) is 0 Å². The number of nitrogens with one attached hydrogen (secondary N) is 1. The molecule has 0 aliphatic carbocycles.